The summed E-state index contributed by atoms with van der Waals surface area (Å²) in [4.78, 5) is 13.9. The molecule has 1 aliphatic rings. The van der Waals surface area contributed by atoms with Crippen molar-refractivity contribution in [3.05, 3.63) is 23.8 Å². The van der Waals surface area contributed by atoms with Gasteiger partial charge in [-0.25, -0.2) is 0 Å². The summed E-state index contributed by atoms with van der Waals surface area (Å²) in [7, 11) is 3.69. The van der Waals surface area contributed by atoms with Gasteiger partial charge in [0.05, 0.1) is 13.7 Å². The van der Waals surface area contributed by atoms with Crippen molar-refractivity contribution in [3.63, 3.8) is 0 Å². The molecule has 0 atom stereocenters. The number of carbonyl (C=O) groups is 1. The molecule has 5 heteroatoms. The number of nitrogens with zero attached hydrogens (tertiary/aromatic N) is 1. The van der Waals surface area contributed by atoms with Gasteiger partial charge in [-0.3, -0.25) is 4.79 Å². The van der Waals surface area contributed by atoms with E-state index in [0.717, 1.165) is 25.9 Å². The topological polar surface area (TPSA) is 64.8 Å². The Morgan fingerprint density at radius 1 is 1.35 bits per heavy atom. The van der Waals surface area contributed by atoms with Gasteiger partial charge in [-0.15, -0.1) is 0 Å². The zero-order chi connectivity index (χ0) is 14.5. The Kier molecular flexibility index (Phi) is 4.98. The third kappa shape index (κ3) is 3.49. The maximum atomic E-state index is 11.6. The number of methoxy groups -OCH3 is 1. The van der Waals surface area contributed by atoms with Crippen LogP contribution in [-0.2, 0) is 0 Å². The standard InChI is InChI=1S/C15H22N2O3/c1-17-7-5-12(6-8-17)20-14-4-3-11(13(18)10-16)9-15(14)19-2/h3-4,9,12H,5-8,10,16H2,1-2H3. The molecule has 1 heterocycles. The molecule has 1 aromatic carbocycles. The smallest absolute Gasteiger partial charge is 0.176 e. The van der Waals surface area contributed by atoms with Crippen molar-refractivity contribution < 1.29 is 14.3 Å². The lowest BCUT2D eigenvalue weighted by Crippen LogP contribution is -2.35. The molecule has 20 heavy (non-hydrogen) atoms. The number of carbonyl (C=O) groups excluding carboxylic acids is 1. The number of hydrogen-bond acceptors (Lipinski definition) is 5. The normalized spacial score (nSPS) is 16.9. The van der Waals surface area contributed by atoms with E-state index < -0.39 is 0 Å². The van der Waals surface area contributed by atoms with Crippen LogP contribution in [0.5, 0.6) is 11.5 Å². The molecule has 1 aliphatic heterocycles. The van der Waals surface area contributed by atoms with Gasteiger partial charge < -0.3 is 20.1 Å². The second-order valence-electron chi connectivity index (χ2n) is 5.11. The fourth-order valence-electron chi connectivity index (χ4n) is 2.34. The van der Waals surface area contributed by atoms with Gasteiger partial charge in [0.1, 0.15) is 6.10 Å². The molecule has 1 aromatic rings. The van der Waals surface area contributed by atoms with Gasteiger partial charge in [0.25, 0.3) is 0 Å². The number of benzene rings is 1. The van der Waals surface area contributed by atoms with Gasteiger partial charge in [0.15, 0.2) is 17.3 Å². The average Bonchev–Trinajstić information content (AvgIpc) is 2.49. The lowest BCUT2D eigenvalue weighted by Gasteiger charge is -2.29. The molecular weight excluding hydrogens is 256 g/mol. The average molecular weight is 278 g/mol. The molecule has 1 fully saturated rings. The summed E-state index contributed by atoms with van der Waals surface area (Å²) in [6.45, 7) is 2.08. The van der Waals surface area contributed by atoms with E-state index in [1.807, 2.05) is 0 Å². The Morgan fingerprint density at radius 3 is 2.65 bits per heavy atom. The second-order valence-corrected chi connectivity index (χ2v) is 5.11. The lowest BCUT2D eigenvalue weighted by atomic mass is 10.1. The molecule has 0 aromatic heterocycles. The Morgan fingerprint density at radius 2 is 2.05 bits per heavy atom. The zero-order valence-electron chi connectivity index (χ0n) is 12.1. The Bertz CT molecular complexity index is 468. The molecule has 0 radical (unpaired) electrons. The van der Waals surface area contributed by atoms with Crippen molar-refractivity contribution >= 4 is 5.78 Å². The highest BCUT2D eigenvalue weighted by Crippen LogP contribution is 2.30. The molecule has 0 saturated carbocycles. The van der Waals surface area contributed by atoms with Crippen LogP contribution in [-0.4, -0.2) is 50.6 Å². The van der Waals surface area contributed by atoms with E-state index in [0.29, 0.717) is 17.1 Å². The van der Waals surface area contributed by atoms with Crippen LogP contribution in [0, 0.1) is 0 Å². The minimum Gasteiger partial charge on any atom is -0.493 e. The molecule has 0 aliphatic carbocycles. The molecule has 2 N–H and O–H groups in total. The van der Waals surface area contributed by atoms with E-state index in [9.17, 15) is 4.79 Å². The van der Waals surface area contributed by atoms with Gasteiger partial charge in [0.2, 0.25) is 0 Å². The van der Waals surface area contributed by atoms with Crippen LogP contribution in [0.2, 0.25) is 0 Å². The number of nitrogens with two attached hydrogens (primary N) is 1. The Balaban J connectivity index is 2.09. The second kappa shape index (κ2) is 6.72. The fourth-order valence-corrected chi connectivity index (χ4v) is 2.34. The first-order valence-corrected chi connectivity index (χ1v) is 6.90. The number of rotatable bonds is 5. The molecular formula is C15H22N2O3. The highest BCUT2D eigenvalue weighted by Gasteiger charge is 2.20. The maximum Gasteiger partial charge on any atom is 0.176 e. The molecule has 0 unspecified atom stereocenters. The van der Waals surface area contributed by atoms with Crippen LogP contribution in [0.4, 0.5) is 0 Å². The van der Waals surface area contributed by atoms with Crippen LogP contribution in [0.25, 0.3) is 0 Å². The van der Waals surface area contributed by atoms with Gasteiger partial charge in [-0.05, 0) is 38.1 Å². The third-order valence-corrected chi connectivity index (χ3v) is 3.63. The van der Waals surface area contributed by atoms with Gasteiger partial charge in [-0.2, -0.15) is 0 Å². The van der Waals surface area contributed by atoms with E-state index in [1.165, 1.54) is 0 Å². The van der Waals surface area contributed by atoms with Gasteiger partial charge in [-0.1, -0.05) is 0 Å². The number of ether oxygens (including phenoxy) is 2. The quantitative estimate of drug-likeness (QED) is 0.823. The van der Waals surface area contributed by atoms with Gasteiger partial charge in [0, 0.05) is 18.7 Å². The fraction of sp³-hybridized carbons (Fsp3) is 0.533. The molecule has 0 amide bonds. The van der Waals surface area contributed by atoms with E-state index in [4.69, 9.17) is 15.2 Å². The monoisotopic (exact) mass is 278 g/mol. The summed E-state index contributed by atoms with van der Waals surface area (Å²) in [6.07, 6.45) is 2.21. The van der Waals surface area contributed by atoms with E-state index >= 15 is 0 Å². The minimum absolute atomic E-state index is 0.00167. The summed E-state index contributed by atoms with van der Waals surface area (Å²) in [5.41, 5.74) is 5.93. The summed E-state index contributed by atoms with van der Waals surface area (Å²) in [6, 6.07) is 5.22. The molecule has 0 bridgehead atoms. The summed E-state index contributed by atoms with van der Waals surface area (Å²) >= 11 is 0. The molecule has 5 nitrogen and oxygen atoms in total. The first-order valence-electron chi connectivity index (χ1n) is 6.90. The van der Waals surface area contributed by atoms with Crippen LogP contribution < -0.4 is 15.2 Å². The molecule has 0 spiro atoms. The third-order valence-electron chi connectivity index (χ3n) is 3.63. The maximum absolute atomic E-state index is 11.6. The van der Waals surface area contributed by atoms with E-state index in [2.05, 4.69) is 11.9 Å². The van der Waals surface area contributed by atoms with Crippen LogP contribution in [0.3, 0.4) is 0 Å². The highest BCUT2D eigenvalue weighted by molar-refractivity contribution is 5.98. The zero-order valence-corrected chi connectivity index (χ0v) is 12.1. The lowest BCUT2D eigenvalue weighted by molar-refractivity contribution is 0.1000. The predicted octanol–water partition coefficient (Wildman–Crippen LogP) is 1.31. The van der Waals surface area contributed by atoms with Crippen molar-refractivity contribution in [1.82, 2.24) is 4.90 Å². The van der Waals surface area contributed by atoms with Crippen LogP contribution in [0.15, 0.2) is 18.2 Å². The van der Waals surface area contributed by atoms with E-state index in [1.54, 1.807) is 25.3 Å². The number of likely N-dealkylation sites (tertiary alicyclic amines) is 1. The first-order chi connectivity index (χ1) is 9.63. The van der Waals surface area contributed by atoms with Crippen molar-refractivity contribution in [1.29, 1.82) is 0 Å². The van der Waals surface area contributed by atoms with Crippen LogP contribution in [0.1, 0.15) is 23.2 Å². The summed E-state index contributed by atoms with van der Waals surface area (Å²) < 4.78 is 11.3. The number of Topliss-reactive ketones (excluding diaryl/α,β-unsaturated/α-hetero) is 1. The molecule has 2 rings (SSSR count). The largest absolute Gasteiger partial charge is 0.493 e. The predicted molar refractivity (Wildman–Crippen MR) is 77.5 cm³/mol. The number of ketones is 1. The molecule has 110 valence electrons. The molecule has 1 saturated heterocycles. The van der Waals surface area contributed by atoms with Crippen molar-refractivity contribution in [2.24, 2.45) is 5.73 Å². The summed E-state index contributed by atoms with van der Waals surface area (Å²) in [5, 5.41) is 0. The minimum atomic E-state index is -0.103. The van der Waals surface area contributed by atoms with Crippen molar-refractivity contribution in [2.75, 3.05) is 33.8 Å². The Labute approximate surface area is 119 Å². The number of hydrogen-bond donors (Lipinski definition) is 1. The van der Waals surface area contributed by atoms with Gasteiger partial charge >= 0.3 is 0 Å². The van der Waals surface area contributed by atoms with Crippen molar-refractivity contribution in [2.45, 2.75) is 18.9 Å². The SMILES string of the molecule is COc1cc(C(=O)CN)ccc1OC1CCN(C)CC1. The van der Waals surface area contributed by atoms with Crippen LogP contribution >= 0.6 is 0 Å². The Hall–Kier alpha value is -1.59. The van der Waals surface area contributed by atoms with Crippen molar-refractivity contribution in [3.8, 4) is 11.5 Å². The number of piperidine rings is 1. The summed E-state index contributed by atoms with van der Waals surface area (Å²) in [5.74, 6) is 1.17. The van der Waals surface area contributed by atoms with E-state index in [-0.39, 0.29) is 18.4 Å². The highest BCUT2D eigenvalue weighted by atomic mass is 16.5. The first kappa shape index (κ1) is 14.8.